The van der Waals surface area contributed by atoms with Crippen molar-refractivity contribution < 1.29 is 14.7 Å². The van der Waals surface area contributed by atoms with E-state index in [1.54, 1.807) is 6.08 Å². The molecule has 0 aliphatic rings. The molecule has 0 radical (unpaired) electrons. The summed E-state index contributed by atoms with van der Waals surface area (Å²) in [7, 11) is 0. The Hall–Kier alpha value is -2.72. The van der Waals surface area contributed by atoms with Gasteiger partial charge in [0.1, 0.15) is 0 Å². The van der Waals surface area contributed by atoms with Gasteiger partial charge in [0.2, 0.25) is 5.91 Å². The normalized spacial score (nSPS) is 10.7. The summed E-state index contributed by atoms with van der Waals surface area (Å²) >= 11 is 0. The van der Waals surface area contributed by atoms with E-state index in [9.17, 15) is 9.59 Å². The van der Waals surface area contributed by atoms with Crippen LogP contribution in [0.5, 0.6) is 0 Å². The number of amides is 1. The van der Waals surface area contributed by atoms with Crippen LogP contribution in [0, 0.1) is 0 Å². The molecule has 2 aromatic carbocycles. The SMILES string of the molecule is O=C(/C=C/c1ccc(-c2ccccc2)cc1)CCC(=O)NCCO. The lowest BCUT2D eigenvalue weighted by Gasteiger charge is -2.02. The maximum atomic E-state index is 11.8. The van der Waals surface area contributed by atoms with Gasteiger partial charge in [0.15, 0.2) is 5.78 Å². The second-order valence-electron chi connectivity index (χ2n) is 5.36. The van der Waals surface area contributed by atoms with E-state index in [0.29, 0.717) is 0 Å². The van der Waals surface area contributed by atoms with Gasteiger partial charge in [-0.3, -0.25) is 9.59 Å². The van der Waals surface area contributed by atoms with E-state index in [-0.39, 0.29) is 37.7 Å². The standard InChI is InChI=1S/C20H21NO3/c22-15-14-21-20(24)13-12-19(23)11-8-16-6-9-18(10-7-16)17-4-2-1-3-5-17/h1-11,22H,12-15H2,(H,21,24)/b11-8+. The largest absolute Gasteiger partial charge is 0.395 e. The van der Waals surface area contributed by atoms with Gasteiger partial charge in [-0.15, -0.1) is 0 Å². The van der Waals surface area contributed by atoms with Crippen molar-refractivity contribution in [1.29, 1.82) is 0 Å². The number of aliphatic hydroxyl groups is 1. The number of allylic oxidation sites excluding steroid dienone is 1. The van der Waals surface area contributed by atoms with Gasteiger partial charge in [-0.2, -0.15) is 0 Å². The smallest absolute Gasteiger partial charge is 0.220 e. The molecule has 24 heavy (non-hydrogen) atoms. The lowest BCUT2D eigenvalue weighted by Crippen LogP contribution is -2.26. The molecule has 0 bridgehead atoms. The number of aliphatic hydroxyl groups excluding tert-OH is 1. The Morgan fingerprint density at radius 2 is 1.58 bits per heavy atom. The van der Waals surface area contributed by atoms with Crippen LogP contribution in [0.3, 0.4) is 0 Å². The number of rotatable bonds is 8. The summed E-state index contributed by atoms with van der Waals surface area (Å²) in [6, 6.07) is 18.0. The van der Waals surface area contributed by atoms with Gasteiger partial charge < -0.3 is 10.4 Å². The fourth-order valence-corrected chi connectivity index (χ4v) is 2.21. The highest BCUT2D eigenvalue weighted by Crippen LogP contribution is 2.19. The number of nitrogens with one attached hydrogen (secondary N) is 1. The first kappa shape index (κ1) is 17.6. The van der Waals surface area contributed by atoms with Gasteiger partial charge in [-0.1, -0.05) is 60.7 Å². The van der Waals surface area contributed by atoms with Crippen LogP contribution in [-0.4, -0.2) is 29.9 Å². The predicted molar refractivity (Wildman–Crippen MR) is 95.2 cm³/mol. The van der Waals surface area contributed by atoms with E-state index in [1.807, 2.05) is 42.5 Å². The van der Waals surface area contributed by atoms with E-state index in [1.165, 1.54) is 6.08 Å². The zero-order valence-corrected chi connectivity index (χ0v) is 13.4. The first-order chi connectivity index (χ1) is 11.7. The minimum absolute atomic E-state index is 0.0960. The van der Waals surface area contributed by atoms with Crippen molar-refractivity contribution in [3.05, 3.63) is 66.2 Å². The second-order valence-corrected chi connectivity index (χ2v) is 5.36. The lowest BCUT2D eigenvalue weighted by atomic mass is 10.0. The Bertz CT molecular complexity index is 691. The summed E-state index contributed by atoms with van der Waals surface area (Å²) in [5.74, 6) is -0.320. The molecule has 0 heterocycles. The van der Waals surface area contributed by atoms with Crippen molar-refractivity contribution in [2.45, 2.75) is 12.8 Å². The molecular weight excluding hydrogens is 302 g/mol. The maximum Gasteiger partial charge on any atom is 0.220 e. The highest BCUT2D eigenvalue weighted by Gasteiger charge is 2.04. The number of carbonyl (C=O) groups excluding carboxylic acids is 2. The van der Waals surface area contributed by atoms with Crippen LogP contribution in [0.25, 0.3) is 17.2 Å². The predicted octanol–water partition coefficient (Wildman–Crippen LogP) is 2.82. The van der Waals surface area contributed by atoms with Gasteiger partial charge in [0, 0.05) is 19.4 Å². The molecule has 124 valence electrons. The zero-order valence-electron chi connectivity index (χ0n) is 13.4. The molecule has 2 aromatic rings. The third-order valence-corrected chi connectivity index (χ3v) is 3.51. The van der Waals surface area contributed by atoms with Gasteiger partial charge >= 0.3 is 0 Å². The van der Waals surface area contributed by atoms with Gasteiger partial charge in [-0.05, 0) is 22.8 Å². The van der Waals surface area contributed by atoms with E-state index in [0.717, 1.165) is 16.7 Å². The Morgan fingerprint density at radius 1 is 0.917 bits per heavy atom. The van der Waals surface area contributed by atoms with E-state index < -0.39 is 0 Å². The van der Waals surface area contributed by atoms with E-state index in [2.05, 4.69) is 17.4 Å². The third kappa shape index (κ3) is 5.82. The van der Waals surface area contributed by atoms with Crippen LogP contribution < -0.4 is 5.32 Å². The molecule has 0 unspecified atom stereocenters. The fourth-order valence-electron chi connectivity index (χ4n) is 2.21. The molecule has 1 amide bonds. The average Bonchev–Trinajstić information content (AvgIpc) is 2.64. The topological polar surface area (TPSA) is 66.4 Å². The maximum absolute atomic E-state index is 11.8. The minimum Gasteiger partial charge on any atom is -0.395 e. The lowest BCUT2D eigenvalue weighted by molar-refractivity contribution is -0.123. The number of benzene rings is 2. The van der Waals surface area contributed by atoms with Gasteiger partial charge in [0.05, 0.1) is 6.61 Å². The summed E-state index contributed by atoms with van der Waals surface area (Å²) in [6.45, 7) is 0.120. The first-order valence-electron chi connectivity index (χ1n) is 7.93. The number of hydrogen-bond acceptors (Lipinski definition) is 3. The monoisotopic (exact) mass is 323 g/mol. The summed E-state index contributed by atoms with van der Waals surface area (Å²) in [5.41, 5.74) is 3.21. The number of ketones is 1. The van der Waals surface area contributed by atoms with E-state index >= 15 is 0 Å². The number of hydrogen-bond donors (Lipinski definition) is 2. The average molecular weight is 323 g/mol. The molecule has 0 spiro atoms. The van der Waals surface area contributed by atoms with Crippen molar-refractivity contribution in [2.24, 2.45) is 0 Å². The molecule has 4 heteroatoms. The molecule has 4 nitrogen and oxygen atoms in total. The second kappa shape index (κ2) is 9.43. The quantitative estimate of drug-likeness (QED) is 0.734. The Morgan fingerprint density at radius 3 is 2.25 bits per heavy atom. The van der Waals surface area contributed by atoms with Crippen molar-refractivity contribution in [1.82, 2.24) is 5.32 Å². The van der Waals surface area contributed by atoms with Crippen LogP contribution >= 0.6 is 0 Å². The third-order valence-electron chi connectivity index (χ3n) is 3.51. The van der Waals surface area contributed by atoms with Crippen LogP contribution in [0.1, 0.15) is 18.4 Å². The van der Waals surface area contributed by atoms with Crippen molar-refractivity contribution >= 4 is 17.8 Å². The summed E-state index contributed by atoms with van der Waals surface area (Å²) < 4.78 is 0. The Labute approximate surface area is 141 Å². The van der Waals surface area contributed by atoms with E-state index in [4.69, 9.17) is 5.11 Å². The number of carbonyl (C=O) groups is 2. The molecular formula is C20H21NO3. The minimum atomic E-state index is -0.224. The highest BCUT2D eigenvalue weighted by molar-refractivity contribution is 5.95. The van der Waals surface area contributed by atoms with Crippen molar-refractivity contribution in [3.63, 3.8) is 0 Å². The Balaban J connectivity index is 1.85. The summed E-state index contributed by atoms with van der Waals surface area (Å²) in [4.78, 5) is 23.1. The summed E-state index contributed by atoms with van der Waals surface area (Å²) in [6.07, 6.45) is 3.55. The molecule has 2 N–H and O–H groups in total. The summed E-state index contributed by atoms with van der Waals surface area (Å²) in [5, 5.41) is 11.1. The van der Waals surface area contributed by atoms with Crippen LogP contribution in [0.2, 0.25) is 0 Å². The molecule has 0 aliphatic heterocycles. The molecule has 0 aromatic heterocycles. The first-order valence-corrected chi connectivity index (χ1v) is 7.93. The molecule has 2 rings (SSSR count). The molecule has 0 aliphatic carbocycles. The highest BCUT2D eigenvalue weighted by atomic mass is 16.3. The van der Waals surface area contributed by atoms with Gasteiger partial charge in [-0.25, -0.2) is 0 Å². The molecule has 0 saturated carbocycles. The zero-order chi connectivity index (χ0) is 17.2. The molecule has 0 fully saturated rings. The van der Waals surface area contributed by atoms with Crippen molar-refractivity contribution in [2.75, 3.05) is 13.2 Å². The van der Waals surface area contributed by atoms with Gasteiger partial charge in [0.25, 0.3) is 0 Å². The Kier molecular flexibility index (Phi) is 6.92. The fraction of sp³-hybridized carbons (Fsp3) is 0.200. The molecule has 0 atom stereocenters. The van der Waals surface area contributed by atoms with Crippen LogP contribution in [0.15, 0.2) is 60.7 Å². The molecule has 0 saturated heterocycles. The van der Waals surface area contributed by atoms with Crippen LogP contribution in [0.4, 0.5) is 0 Å². The van der Waals surface area contributed by atoms with Crippen molar-refractivity contribution in [3.8, 4) is 11.1 Å². The van der Waals surface area contributed by atoms with Crippen LogP contribution in [-0.2, 0) is 9.59 Å².